The Balaban J connectivity index is 2.77. The number of halogens is 3. The Labute approximate surface area is 118 Å². The first-order valence-electron chi connectivity index (χ1n) is 5.01. The van der Waals surface area contributed by atoms with E-state index in [1.54, 1.807) is 6.07 Å². The molecule has 0 radical (unpaired) electrons. The fourth-order valence-corrected chi connectivity index (χ4v) is 2.30. The van der Waals surface area contributed by atoms with Crippen LogP contribution in [0.2, 0.25) is 15.1 Å². The molecule has 0 aliphatic carbocycles. The molecular formula is C12H8Cl3NO2. The summed E-state index contributed by atoms with van der Waals surface area (Å²) in [4.78, 5) is 14.4. The number of aromatic amines is 1. The number of aromatic nitrogens is 1. The number of aliphatic hydroxyl groups excluding tert-OH is 1. The van der Waals surface area contributed by atoms with Crippen molar-refractivity contribution in [2.75, 3.05) is 0 Å². The Kier molecular flexibility index (Phi) is 3.97. The third-order valence-electron chi connectivity index (χ3n) is 2.50. The number of rotatable bonds is 2. The van der Waals surface area contributed by atoms with E-state index in [4.69, 9.17) is 34.8 Å². The lowest BCUT2D eigenvalue weighted by Gasteiger charge is -2.09. The number of aliphatic hydroxyl groups is 1. The molecule has 1 aromatic heterocycles. The molecule has 2 rings (SSSR count). The van der Waals surface area contributed by atoms with Crippen LogP contribution in [0.4, 0.5) is 0 Å². The molecule has 0 amide bonds. The quantitative estimate of drug-likeness (QED) is 0.834. The normalized spacial score (nSPS) is 10.7. The fourth-order valence-electron chi connectivity index (χ4n) is 1.66. The van der Waals surface area contributed by atoms with Gasteiger partial charge in [0, 0.05) is 11.8 Å². The highest BCUT2D eigenvalue weighted by molar-refractivity contribution is 6.44. The van der Waals surface area contributed by atoms with Crippen molar-refractivity contribution in [2.24, 2.45) is 0 Å². The number of benzene rings is 1. The topological polar surface area (TPSA) is 53.1 Å². The van der Waals surface area contributed by atoms with E-state index in [9.17, 15) is 9.90 Å². The monoisotopic (exact) mass is 303 g/mol. The van der Waals surface area contributed by atoms with Crippen molar-refractivity contribution in [1.82, 2.24) is 4.98 Å². The first-order valence-corrected chi connectivity index (χ1v) is 6.14. The SMILES string of the molecule is O=c1[nH]ccc(CO)c1-c1cc(Cl)c(Cl)cc1Cl. The van der Waals surface area contributed by atoms with Crippen LogP contribution in [-0.4, -0.2) is 10.1 Å². The van der Waals surface area contributed by atoms with Crippen LogP contribution in [0.5, 0.6) is 0 Å². The third kappa shape index (κ3) is 2.40. The Morgan fingerprint density at radius 2 is 1.78 bits per heavy atom. The molecular weight excluding hydrogens is 296 g/mol. The van der Waals surface area contributed by atoms with Gasteiger partial charge in [0.1, 0.15) is 0 Å². The van der Waals surface area contributed by atoms with Crippen molar-refractivity contribution in [3.63, 3.8) is 0 Å². The zero-order valence-corrected chi connectivity index (χ0v) is 11.3. The molecule has 0 atom stereocenters. The van der Waals surface area contributed by atoms with Gasteiger partial charge < -0.3 is 10.1 Å². The molecule has 0 unspecified atom stereocenters. The van der Waals surface area contributed by atoms with Crippen molar-refractivity contribution in [3.05, 3.63) is 55.4 Å². The maximum absolute atomic E-state index is 11.8. The van der Waals surface area contributed by atoms with E-state index in [0.29, 0.717) is 31.8 Å². The van der Waals surface area contributed by atoms with Gasteiger partial charge in [-0.1, -0.05) is 34.8 Å². The number of hydrogen-bond donors (Lipinski definition) is 2. The molecule has 0 spiro atoms. The van der Waals surface area contributed by atoms with Crippen LogP contribution in [0.3, 0.4) is 0 Å². The molecule has 18 heavy (non-hydrogen) atoms. The predicted molar refractivity (Wildman–Crippen MR) is 73.5 cm³/mol. The van der Waals surface area contributed by atoms with Gasteiger partial charge in [0.25, 0.3) is 5.56 Å². The molecule has 1 heterocycles. The van der Waals surface area contributed by atoms with Crippen molar-refractivity contribution in [3.8, 4) is 11.1 Å². The van der Waals surface area contributed by atoms with E-state index in [0.717, 1.165) is 0 Å². The predicted octanol–water partition coefficient (Wildman–Crippen LogP) is 3.49. The molecule has 0 saturated heterocycles. The van der Waals surface area contributed by atoms with Gasteiger partial charge in [0.05, 0.1) is 27.2 Å². The first-order chi connectivity index (χ1) is 8.54. The van der Waals surface area contributed by atoms with Crippen LogP contribution < -0.4 is 5.56 Å². The third-order valence-corrected chi connectivity index (χ3v) is 3.53. The van der Waals surface area contributed by atoms with Gasteiger partial charge in [-0.15, -0.1) is 0 Å². The average molecular weight is 305 g/mol. The molecule has 94 valence electrons. The highest BCUT2D eigenvalue weighted by Gasteiger charge is 2.14. The van der Waals surface area contributed by atoms with E-state index in [-0.39, 0.29) is 12.2 Å². The van der Waals surface area contributed by atoms with Gasteiger partial charge in [-0.05, 0) is 23.8 Å². The van der Waals surface area contributed by atoms with Crippen molar-refractivity contribution < 1.29 is 5.11 Å². The summed E-state index contributed by atoms with van der Waals surface area (Å²) >= 11 is 17.8. The molecule has 2 aromatic rings. The molecule has 6 heteroatoms. The smallest absolute Gasteiger partial charge is 0.256 e. The highest BCUT2D eigenvalue weighted by atomic mass is 35.5. The summed E-state index contributed by atoms with van der Waals surface area (Å²) in [6.45, 7) is -0.268. The second-order valence-corrected chi connectivity index (χ2v) is 4.83. The summed E-state index contributed by atoms with van der Waals surface area (Å²) in [6, 6.07) is 4.58. The van der Waals surface area contributed by atoms with E-state index in [1.807, 2.05) is 0 Å². The lowest BCUT2D eigenvalue weighted by atomic mass is 10.0. The Bertz CT molecular complexity index is 652. The van der Waals surface area contributed by atoms with Gasteiger partial charge in [0.15, 0.2) is 0 Å². The van der Waals surface area contributed by atoms with Crippen LogP contribution in [-0.2, 0) is 6.61 Å². The van der Waals surface area contributed by atoms with Crippen molar-refractivity contribution in [2.45, 2.75) is 6.61 Å². The molecule has 0 bridgehead atoms. The van der Waals surface area contributed by atoms with Gasteiger partial charge in [-0.2, -0.15) is 0 Å². The second-order valence-electron chi connectivity index (χ2n) is 3.61. The molecule has 1 aromatic carbocycles. The van der Waals surface area contributed by atoms with Gasteiger partial charge in [-0.3, -0.25) is 4.79 Å². The molecule has 0 saturated carbocycles. The lowest BCUT2D eigenvalue weighted by Crippen LogP contribution is -2.11. The minimum absolute atomic E-state index is 0.268. The van der Waals surface area contributed by atoms with Crippen molar-refractivity contribution in [1.29, 1.82) is 0 Å². The average Bonchev–Trinajstić information content (AvgIpc) is 2.34. The summed E-state index contributed by atoms with van der Waals surface area (Å²) in [5.41, 5.74) is 0.862. The van der Waals surface area contributed by atoms with Gasteiger partial charge in [-0.25, -0.2) is 0 Å². The maximum Gasteiger partial charge on any atom is 0.256 e. The number of hydrogen-bond acceptors (Lipinski definition) is 2. The molecule has 0 fully saturated rings. The first kappa shape index (κ1) is 13.4. The standard InChI is InChI=1S/C12H8Cl3NO2/c13-8-4-10(15)9(14)3-7(8)11-6(5-17)1-2-16-12(11)18/h1-4,17H,5H2,(H,16,18). The minimum atomic E-state index is -0.346. The molecule has 2 N–H and O–H groups in total. The molecule has 3 nitrogen and oxygen atoms in total. The Hall–Kier alpha value is -1.000. The number of nitrogens with one attached hydrogen (secondary N) is 1. The van der Waals surface area contributed by atoms with Crippen LogP contribution >= 0.6 is 34.8 Å². The highest BCUT2D eigenvalue weighted by Crippen LogP contribution is 2.35. The summed E-state index contributed by atoms with van der Waals surface area (Å²) < 4.78 is 0. The van der Waals surface area contributed by atoms with Crippen LogP contribution in [0.25, 0.3) is 11.1 Å². The molecule has 0 aliphatic heterocycles. The minimum Gasteiger partial charge on any atom is -0.392 e. The van der Waals surface area contributed by atoms with Gasteiger partial charge >= 0.3 is 0 Å². The van der Waals surface area contributed by atoms with Crippen molar-refractivity contribution >= 4 is 34.8 Å². The summed E-state index contributed by atoms with van der Waals surface area (Å²) in [7, 11) is 0. The zero-order valence-electron chi connectivity index (χ0n) is 9.01. The van der Waals surface area contributed by atoms with Crippen LogP contribution in [0.1, 0.15) is 5.56 Å². The number of pyridine rings is 1. The van der Waals surface area contributed by atoms with Gasteiger partial charge in [0.2, 0.25) is 0 Å². The Morgan fingerprint density at radius 1 is 1.11 bits per heavy atom. The van der Waals surface area contributed by atoms with Crippen LogP contribution in [0, 0.1) is 0 Å². The van der Waals surface area contributed by atoms with E-state index < -0.39 is 0 Å². The fraction of sp³-hybridized carbons (Fsp3) is 0.0833. The second kappa shape index (κ2) is 5.33. The summed E-state index contributed by atoms with van der Waals surface area (Å²) in [5.74, 6) is 0. The summed E-state index contributed by atoms with van der Waals surface area (Å²) in [5, 5.41) is 10.2. The lowest BCUT2D eigenvalue weighted by molar-refractivity contribution is 0.282. The number of H-pyrrole nitrogens is 1. The maximum atomic E-state index is 11.8. The Morgan fingerprint density at radius 3 is 2.44 bits per heavy atom. The van der Waals surface area contributed by atoms with Crippen LogP contribution in [0.15, 0.2) is 29.2 Å². The van der Waals surface area contributed by atoms with E-state index in [1.165, 1.54) is 18.3 Å². The molecule has 0 aliphatic rings. The van der Waals surface area contributed by atoms with E-state index >= 15 is 0 Å². The summed E-state index contributed by atoms with van der Waals surface area (Å²) in [6.07, 6.45) is 1.46. The van der Waals surface area contributed by atoms with E-state index in [2.05, 4.69) is 4.98 Å². The largest absolute Gasteiger partial charge is 0.392 e. The zero-order chi connectivity index (χ0) is 13.3.